The summed E-state index contributed by atoms with van der Waals surface area (Å²) in [5.74, 6) is 0.453. The highest BCUT2D eigenvalue weighted by atomic mass is 16.2. The molecule has 2 atom stereocenters. The van der Waals surface area contributed by atoms with E-state index in [1.165, 1.54) is 11.1 Å². The SMILES string of the molecule is N[C@@H]1CN(C(=O)CCCc2ccc3c(c2)CC(=O)N3)C[C@H]1c1ccccc1. The lowest BCUT2D eigenvalue weighted by Gasteiger charge is -2.16. The molecule has 2 heterocycles. The summed E-state index contributed by atoms with van der Waals surface area (Å²) in [7, 11) is 0. The number of carbonyl (C=O) groups is 2. The van der Waals surface area contributed by atoms with Crippen molar-refractivity contribution in [3.8, 4) is 0 Å². The zero-order chi connectivity index (χ0) is 18.8. The lowest BCUT2D eigenvalue weighted by atomic mass is 9.95. The monoisotopic (exact) mass is 363 g/mol. The van der Waals surface area contributed by atoms with Crippen molar-refractivity contribution in [2.75, 3.05) is 18.4 Å². The number of hydrogen-bond acceptors (Lipinski definition) is 3. The molecule has 27 heavy (non-hydrogen) atoms. The standard InChI is InChI=1S/C22H25N3O2/c23-19-14-25(13-18(19)16-6-2-1-3-7-16)22(27)8-4-5-15-9-10-20-17(11-15)12-21(26)24-20/h1-3,6-7,9-11,18-19H,4-5,8,12-14,23H2,(H,24,26)/t18-,19+/m0/s1. The minimum atomic E-state index is -0.00176. The Morgan fingerprint density at radius 3 is 2.78 bits per heavy atom. The quantitative estimate of drug-likeness (QED) is 0.857. The van der Waals surface area contributed by atoms with Crippen LogP contribution in [0.3, 0.4) is 0 Å². The largest absolute Gasteiger partial charge is 0.340 e. The number of nitrogens with one attached hydrogen (secondary N) is 1. The number of anilines is 1. The molecule has 0 unspecified atom stereocenters. The van der Waals surface area contributed by atoms with E-state index in [9.17, 15) is 9.59 Å². The molecule has 2 aliphatic rings. The number of hydrogen-bond donors (Lipinski definition) is 2. The number of fused-ring (bicyclic) bond motifs is 1. The van der Waals surface area contributed by atoms with Gasteiger partial charge < -0.3 is 16.0 Å². The average Bonchev–Trinajstić information content (AvgIpc) is 3.23. The highest BCUT2D eigenvalue weighted by molar-refractivity contribution is 5.99. The maximum absolute atomic E-state index is 12.6. The van der Waals surface area contributed by atoms with Crippen LogP contribution in [0.1, 0.15) is 35.4 Å². The van der Waals surface area contributed by atoms with Crippen LogP contribution in [0.2, 0.25) is 0 Å². The zero-order valence-corrected chi connectivity index (χ0v) is 15.4. The van der Waals surface area contributed by atoms with E-state index in [-0.39, 0.29) is 23.8 Å². The fourth-order valence-electron chi connectivity index (χ4n) is 4.13. The highest BCUT2D eigenvalue weighted by Crippen LogP contribution is 2.27. The summed E-state index contributed by atoms with van der Waals surface area (Å²) in [4.78, 5) is 26.0. The second-order valence-corrected chi connectivity index (χ2v) is 7.55. The molecule has 2 amide bonds. The van der Waals surface area contributed by atoms with Crippen LogP contribution in [0.5, 0.6) is 0 Å². The number of amides is 2. The summed E-state index contributed by atoms with van der Waals surface area (Å²) in [5, 5.41) is 2.85. The zero-order valence-electron chi connectivity index (χ0n) is 15.4. The van der Waals surface area contributed by atoms with Crippen molar-refractivity contribution < 1.29 is 9.59 Å². The van der Waals surface area contributed by atoms with Crippen molar-refractivity contribution in [3.05, 3.63) is 65.2 Å². The van der Waals surface area contributed by atoms with Crippen molar-refractivity contribution in [1.29, 1.82) is 0 Å². The molecule has 1 fully saturated rings. The minimum absolute atomic E-state index is 0.00176. The average molecular weight is 363 g/mol. The number of rotatable bonds is 5. The molecular weight excluding hydrogens is 338 g/mol. The summed E-state index contributed by atoms with van der Waals surface area (Å²) < 4.78 is 0. The van der Waals surface area contributed by atoms with Gasteiger partial charge in [0.1, 0.15) is 0 Å². The summed E-state index contributed by atoms with van der Waals surface area (Å²) in [6, 6.07) is 16.3. The van der Waals surface area contributed by atoms with E-state index >= 15 is 0 Å². The first-order valence-electron chi connectivity index (χ1n) is 9.60. The molecule has 5 heteroatoms. The summed E-state index contributed by atoms with van der Waals surface area (Å²) in [6.07, 6.45) is 2.63. The maximum Gasteiger partial charge on any atom is 0.228 e. The number of likely N-dealkylation sites (tertiary alicyclic amines) is 1. The maximum atomic E-state index is 12.6. The van der Waals surface area contributed by atoms with Crippen molar-refractivity contribution >= 4 is 17.5 Å². The predicted molar refractivity (Wildman–Crippen MR) is 105 cm³/mol. The Balaban J connectivity index is 1.29. The second kappa shape index (κ2) is 7.53. The Bertz CT molecular complexity index is 850. The predicted octanol–water partition coefficient (Wildman–Crippen LogP) is 2.46. The number of nitrogens with zero attached hydrogens (tertiary/aromatic N) is 1. The van der Waals surface area contributed by atoms with Gasteiger partial charge in [-0.15, -0.1) is 0 Å². The molecule has 140 valence electrons. The van der Waals surface area contributed by atoms with Crippen molar-refractivity contribution in [3.63, 3.8) is 0 Å². The van der Waals surface area contributed by atoms with Crippen LogP contribution < -0.4 is 11.1 Å². The first-order chi connectivity index (χ1) is 13.1. The van der Waals surface area contributed by atoms with E-state index in [4.69, 9.17) is 5.73 Å². The van der Waals surface area contributed by atoms with Gasteiger partial charge in [0.15, 0.2) is 0 Å². The van der Waals surface area contributed by atoms with Crippen LogP contribution in [0.4, 0.5) is 5.69 Å². The van der Waals surface area contributed by atoms with Gasteiger partial charge in [0.25, 0.3) is 0 Å². The number of aryl methyl sites for hydroxylation is 1. The molecule has 0 bridgehead atoms. The second-order valence-electron chi connectivity index (χ2n) is 7.55. The van der Waals surface area contributed by atoms with Crippen LogP contribution >= 0.6 is 0 Å². The number of benzene rings is 2. The molecule has 0 spiro atoms. The Morgan fingerprint density at radius 1 is 1.15 bits per heavy atom. The van der Waals surface area contributed by atoms with Crippen LogP contribution in [0.15, 0.2) is 48.5 Å². The van der Waals surface area contributed by atoms with Crippen LogP contribution in [0.25, 0.3) is 0 Å². The van der Waals surface area contributed by atoms with Gasteiger partial charge in [-0.3, -0.25) is 9.59 Å². The third kappa shape index (κ3) is 3.88. The third-order valence-electron chi connectivity index (χ3n) is 5.60. The Labute approximate surface area is 159 Å². The molecular formula is C22H25N3O2. The highest BCUT2D eigenvalue weighted by Gasteiger charge is 2.33. The Kier molecular flexibility index (Phi) is 4.94. The van der Waals surface area contributed by atoms with E-state index in [1.807, 2.05) is 35.2 Å². The van der Waals surface area contributed by atoms with Crippen molar-refractivity contribution in [2.45, 2.75) is 37.6 Å². The van der Waals surface area contributed by atoms with Gasteiger partial charge in [0, 0.05) is 37.2 Å². The smallest absolute Gasteiger partial charge is 0.228 e. The Morgan fingerprint density at radius 2 is 1.96 bits per heavy atom. The van der Waals surface area contributed by atoms with Crippen LogP contribution in [-0.4, -0.2) is 35.8 Å². The molecule has 0 aliphatic carbocycles. The lowest BCUT2D eigenvalue weighted by molar-refractivity contribution is -0.130. The lowest BCUT2D eigenvalue weighted by Crippen LogP contribution is -2.32. The molecule has 4 rings (SSSR count). The summed E-state index contributed by atoms with van der Waals surface area (Å²) >= 11 is 0. The number of carbonyl (C=O) groups excluding carboxylic acids is 2. The fraction of sp³-hybridized carbons (Fsp3) is 0.364. The van der Waals surface area contributed by atoms with Crippen LogP contribution in [0, 0.1) is 0 Å². The van der Waals surface area contributed by atoms with Gasteiger partial charge in [-0.2, -0.15) is 0 Å². The topological polar surface area (TPSA) is 75.4 Å². The molecule has 0 aromatic heterocycles. The Hall–Kier alpha value is -2.66. The van der Waals surface area contributed by atoms with E-state index in [2.05, 4.69) is 23.5 Å². The van der Waals surface area contributed by atoms with E-state index < -0.39 is 0 Å². The van der Waals surface area contributed by atoms with Gasteiger partial charge in [-0.05, 0) is 35.6 Å². The fourth-order valence-corrected chi connectivity index (χ4v) is 4.13. The van der Waals surface area contributed by atoms with Gasteiger partial charge in [-0.25, -0.2) is 0 Å². The molecule has 3 N–H and O–H groups in total. The molecule has 0 radical (unpaired) electrons. The van der Waals surface area contributed by atoms with Crippen molar-refractivity contribution in [1.82, 2.24) is 4.90 Å². The first-order valence-corrected chi connectivity index (χ1v) is 9.60. The van der Waals surface area contributed by atoms with Crippen LogP contribution in [-0.2, 0) is 22.4 Å². The van der Waals surface area contributed by atoms with Gasteiger partial charge in [0.05, 0.1) is 6.42 Å². The molecule has 2 aromatic carbocycles. The van der Waals surface area contributed by atoms with E-state index in [0.717, 1.165) is 24.1 Å². The molecule has 2 aliphatic heterocycles. The normalized spacial score (nSPS) is 21.2. The van der Waals surface area contributed by atoms with Gasteiger partial charge in [0.2, 0.25) is 11.8 Å². The summed E-state index contributed by atoms with van der Waals surface area (Å²) in [5.41, 5.74) is 10.7. The molecule has 1 saturated heterocycles. The van der Waals surface area contributed by atoms with E-state index in [0.29, 0.717) is 25.9 Å². The first kappa shape index (κ1) is 17.7. The minimum Gasteiger partial charge on any atom is -0.340 e. The molecule has 2 aromatic rings. The number of nitrogens with two attached hydrogens (primary N) is 1. The van der Waals surface area contributed by atoms with Gasteiger partial charge >= 0.3 is 0 Å². The molecule has 5 nitrogen and oxygen atoms in total. The van der Waals surface area contributed by atoms with E-state index in [1.54, 1.807) is 0 Å². The van der Waals surface area contributed by atoms with Gasteiger partial charge in [-0.1, -0.05) is 42.5 Å². The summed E-state index contributed by atoms with van der Waals surface area (Å²) in [6.45, 7) is 1.33. The van der Waals surface area contributed by atoms with Crippen molar-refractivity contribution in [2.24, 2.45) is 5.73 Å². The third-order valence-corrected chi connectivity index (χ3v) is 5.60. The molecule has 0 saturated carbocycles.